The third kappa shape index (κ3) is 6.01. The van der Waals surface area contributed by atoms with Crippen molar-refractivity contribution in [2.45, 2.75) is 19.6 Å². The first-order valence-electron chi connectivity index (χ1n) is 10.6. The molecule has 0 fully saturated rings. The van der Waals surface area contributed by atoms with Gasteiger partial charge in [-0.1, -0.05) is 35.9 Å². The number of halogens is 1. The quantitative estimate of drug-likeness (QED) is 0.311. The molecule has 0 saturated heterocycles. The van der Waals surface area contributed by atoms with Gasteiger partial charge in [0, 0.05) is 11.8 Å². The zero-order valence-corrected chi connectivity index (χ0v) is 19.9. The molecule has 4 aromatic rings. The van der Waals surface area contributed by atoms with E-state index < -0.39 is 0 Å². The molecule has 4 rings (SSSR count). The van der Waals surface area contributed by atoms with Crippen molar-refractivity contribution in [1.82, 2.24) is 10.3 Å². The van der Waals surface area contributed by atoms with E-state index in [1.807, 2.05) is 54.8 Å². The summed E-state index contributed by atoms with van der Waals surface area (Å²) in [6.45, 7) is 2.25. The monoisotopic (exact) mass is 491 g/mol. The number of carbonyl (C=O) groups is 2. The number of hydrogen-bond donors (Lipinski definition) is 2. The summed E-state index contributed by atoms with van der Waals surface area (Å²) in [5, 5.41) is 7.92. The van der Waals surface area contributed by atoms with E-state index in [0.29, 0.717) is 33.5 Å². The molecule has 2 aromatic heterocycles. The zero-order valence-electron chi connectivity index (χ0n) is 18.3. The second-order valence-corrected chi connectivity index (χ2v) is 8.86. The Balaban J connectivity index is 1.41. The fourth-order valence-corrected chi connectivity index (χ4v) is 4.02. The number of amides is 2. The SMILES string of the molecule is CC(NC(=O)c1ccc(Cl)c(NC(=O)c2cccs2)c1)c1cccc(OCc2ccccn2)c1. The molecule has 0 aliphatic carbocycles. The Bertz CT molecular complexity index is 1280. The van der Waals surface area contributed by atoms with Crippen LogP contribution < -0.4 is 15.4 Å². The Kier molecular flexibility index (Phi) is 7.57. The van der Waals surface area contributed by atoms with Gasteiger partial charge in [-0.25, -0.2) is 0 Å². The number of thiophene rings is 1. The Morgan fingerprint density at radius 2 is 1.91 bits per heavy atom. The molecule has 0 radical (unpaired) electrons. The molecular weight excluding hydrogens is 470 g/mol. The number of nitrogens with zero attached hydrogens (tertiary/aromatic N) is 1. The molecule has 2 amide bonds. The van der Waals surface area contributed by atoms with Crippen molar-refractivity contribution < 1.29 is 14.3 Å². The van der Waals surface area contributed by atoms with E-state index in [1.165, 1.54) is 11.3 Å². The summed E-state index contributed by atoms with van der Waals surface area (Å²) in [7, 11) is 0. The van der Waals surface area contributed by atoms with E-state index in [-0.39, 0.29) is 17.9 Å². The topological polar surface area (TPSA) is 80.3 Å². The van der Waals surface area contributed by atoms with E-state index in [9.17, 15) is 9.59 Å². The van der Waals surface area contributed by atoms with E-state index >= 15 is 0 Å². The number of ether oxygens (including phenoxy) is 1. The smallest absolute Gasteiger partial charge is 0.265 e. The van der Waals surface area contributed by atoms with Gasteiger partial charge in [0.2, 0.25) is 0 Å². The van der Waals surface area contributed by atoms with E-state index in [2.05, 4.69) is 15.6 Å². The number of carbonyl (C=O) groups excluding carboxylic acids is 2. The molecule has 1 atom stereocenters. The number of aromatic nitrogens is 1. The van der Waals surface area contributed by atoms with Crippen molar-refractivity contribution in [2.75, 3.05) is 5.32 Å². The summed E-state index contributed by atoms with van der Waals surface area (Å²) >= 11 is 7.57. The Labute approximate surface area is 206 Å². The first-order valence-corrected chi connectivity index (χ1v) is 11.8. The maximum Gasteiger partial charge on any atom is 0.265 e. The second kappa shape index (κ2) is 11.0. The predicted octanol–water partition coefficient (Wildman–Crippen LogP) is 6.12. The normalized spacial score (nSPS) is 11.5. The Hall–Kier alpha value is -3.68. The third-order valence-electron chi connectivity index (χ3n) is 5.04. The maximum absolute atomic E-state index is 12.9. The molecule has 34 heavy (non-hydrogen) atoms. The van der Waals surface area contributed by atoms with Crippen LogP contribution in [0, 0.1) is 0 Å². The first-order chi connectivity index (χ1) is 16.5. The van der Waals surface area contributed by atoms with Crippen molar-refractivity contribution in [3.63, 3.8) is 0 Å². The van der Waals surface area contributed by atoms with Crippen LogP contribution in [0.5, 0.6) is 5.75 Å². The zero-order chi connectivity index (χ0) is 23.9. The lowest BCUT2D eigenvalue weighted by atomic mass is 10.1. The molecule has 0 aliphatic rings. The van der Waals surface area contributed by atoms with E-state index in [1.54, 1.807) is 36.5 Å². The van der Waals surface area contributed by atoms with Crippen molar-refractivity contribution in [2.24, 2.45) is 0 Å². The minimum atomic E-state index is -0.282. The molecule has 2 heterocycles. The number of hydrogen-bond acceptors (Lipinski definition) is 5. The molecule has 0 bridgehead atoms. The fraction of sp³-hybridized carbons (Fsp3) is 0.115. The number of rotatable bonds is 8. The number of nitrogens with one attached hydrogen (secondary N) is 2. The molecule has 1 unspecified atom stereocenters. The molecule has 0 aliphatic heterocycles. The van der Waals surface area contributed by atoms with Crippen molar-refractivity contribution in [3.8, 4) is 5.75 Å². The van der Waals surface area contributed by atoms with Gasteiger partial charge in [-0.3, -0.25) is 14.6 Å². The van der Waals surface area contributed by atoms with Gasteiger partial charge < -0.3 is 15.4 Å². The first kappa shape index (κ1) is 23.5. The second-order valence-electron chi connectivity index (χ2n) is 7.50. The average Bonchev–Trinajstić information content (AvgIpc) is 3.40. The summed E-state index contributed by atoms with van der Waals surface area (Å²) in [4.78, 5) is 30.1. The van der Waals surface area contributed by atoms with Gasteiger partial charge in [0.05, 0.1) is 27.3 Å². The number of pyridine rings is 1. The van der Waals surface area contributed by atoms with Gasteiger partial charge in [-0.2, -0.15) is 0 Å². The van der Waals surface area contributed by atoms with Gasteiger partial charge in [-0.15, -0.1) is 11.3 Å². The number of anilines is 1. The molecule has 8 heteroatoms. The molecule has 2 aromatic carbocycles. The van der Waals surface area contributed by atoms with Gasteiger partial charge in [0.1, 0.15) is 12.4 Å². The van der Waals surface area contributed by atoms with Crippen molar-refractivity contribution in [3.05, 3.63) is 111 Å². The molecule has 0 spiro atoms. The van der Waals surface area contributed by atoms with Crippen LogP contribution in [-0.4, -0.2) is 16.8 Å². The average molecular weight is 492 g/mol. The largest absolute Gasteiger partial charge is 0.487 e. The van der Waals surface area contributed by atoms with Gasteiger partial charge in [0.25, 0.3) is 11.8 Å². The predicted molar refractivity (Wildman–Crippen MR) is 135 cm³/mol. The highest BCUT2D eigenvalue weighted by Gasteiger charge is 2.15. The maximum atomic E-state index is 12.9. The summed E-state index contributed by atoms with van der Waals surface area (Å²) in [6.07, 6.45) is 1.72. The highest BCUT2D eigenvalue weighted by molar-refractivity contribution is 7.12. The highest BCUT2D eigenvalue weighted by Crippen LogP contribution is 2.25. The van der Waals surface area contributed by atoms with Crippen molar-refractivity contribution >= 4 is 40.4 Å². The van der Waals surface area contributed by atoms with Crippen LogP contribution in [0.15, 0.2) is 84.4 Å². The minimum Gasteiger partial charge on any atom is -0.487 e. The summed E-state index contributed by atoms with van der Waals surface area (Å²) < 4.78 is 5.84. The van der Waals surface area contributed by atoms with Gasteiger partial charge in [0.15, 0.2) is 0 Å². The van der Waals surface area contributed by atoms with Crippen LogP contribution in [0.25, 0.3) is 0 Å². The van der Waals surface area contributed by atoms with Gasteiger partial charge >= 0.3 is 0 Å². The van der Waals surface area contributed by atoms with Crippen LogP contribution in [0.4, 0.5) is 5.69 Å². The van der Waals surface area contributed by atoms with E-state index in [0.717, 1.165) is 11.3 Å². The van der Waals surface area contributed by atoms with Crippen LogP contribution >= 0.6 is 22.9 Å². The van der Waals surface area contributed by atoms with Gasteiger partial charge in [-0.05, 0) is 66.4 Å². The molecular formula is C26H22ClN3O3S. The summed E-state index contributed by atoms with van der Waals surface area (Å²) in [5.74, 6) is 0.135. The summed E-state index contributed by atoms with van der Waals surface area (Å²) in [6, 6.07) is 21.3. The van der Waals surface area contributed by atoms with Crippen LogP contribution in [0.3, 0.4) is 0 Å². The molecule has 0 saturated carbocycles. The summed E-state index contributed by atoms with van der Waals surface area (Å²) in [5.41, 5.74) is 2.50. The molecule has 2 N–H and O–H groups in total. The van der Waals surface area contributed by atoms with E-state index in [4.69, 9.17) is 16.3 Å². The van der Waals surface area contributed by atoms with Crippen LogP contribution in [-0.2, 0) is 6.61 Å². The third-order valence-corrected chi connectivity index (χ3v) is 6.24. The Morgan fingerprint density at radius 3 is 2.68 bits per heavy atom. The molecule has 6 nitrogen and oxygen atoms in total. The lowest BCUT2D eigenvalue weighted by molar-refractivity contribution is 0.0938. The lowest BCUT2D eigenvalue weighted by Gasteiger charge is -2.16. The fourth-order valence-electron chi connectivity index (χ4n) is 3.23. The number of benzene rings is 2. The van der Waals surface area contributed by atoms with Crippen LogP contribution in [0.2, 0.25) is 5.02 Å². The van der Waals surface area contributed by atoms with Crippen LogP contribution in [0.1, 0.15) is 44.3 Å². The molecule has 172 valence electrons. The van der Waals surface area contributed by atoms with Crippen molar-refractivity contribution in [1.29, 1.82) is 0 Å². The minimum absolute atomic E-state index is 0.272. The Morgan fingerprint density at radius 1 is 1.03 bits per heavy atom. The standard InChI is InChI=1S/C26H22ClN3O3S/c1-17(18-6-4-8-21(14-18)33-16-20-7-2-3-12-28-20)29-25(31)19-10-11-22(27)23(15-19)30-26(32)24-9-5-13-34-24/h2-15,17H,16H2,1H3,(H,29,31)(H,30,32). The lowest BCUT2D eigenvalue weighted by Crippen LogP contribution is -2.26. The highest BCUT2D eigenvalue weighted by atomic mass is 35.5.